The molecule has 160 valence electrons. The van der Waals surface area contributed by atoms with Crippen molar-refractivity contribution < 1.29 is 9.59 Å². The van der Waals surface area contributed by atoms with E-state index in [1.165, 1.54) is 25.1 Å². The first-order valence-corrected chi connectivity index (χ1v) is 11.3. The van der Waals surface area contributed by atoms with Crippen molar-refractivity contribution in [2.75, 3.05) is 18.4 Å². The molecule has 2 heterocycles. The third-order valence-electron chi connectivity index (χ3n) is 5.18. The molecule has 1 atom stereocenters. The number of nitrogens with zero attached hydrogens (tertiary/aromatic N) is 4. The molecule has 1 N–H and O–H groups in total. The fraction of sp³-hybridized carbons (Fsp3) is 0.304. The van der Waals surface area contributed by atoms with Crippen LogP contribution < -0.4 is 5.32 Å². The number of likely N-dealkylation sites (tertiary alicyclic amines) is 1. The van der Waals surface area contributed by atoms with Gasteiger partial charge < -0.3 is 10.2 Å². The zero-order valence-corrected chi connectivity index (χ0v) is 18.2. The van der Waals surface area contributed by atoms with Crippen LogP contribution in [0.15, 0.2) is 66.1 Å². The number of rotatable bonds is 6. The Hall–Kier alpha value is -3.13. The zero-order valence-electron chi connectivity index (χ0n) is 17.4. The van der Waals surface area contributed by atoms with E-state index in [2.05, 4.69) is 15.5 Å². The van der Waals surface area contributed by atoms with Gasteiger partial charge in [0, 0.05) is 25.7 Å². The van der Waals surface area contributed by atoms with Crippen LogP contribution in [0.1, 0.15) is 37.0 Å². The number of anilines is 1. The van der Waals surface area contributed by atoms with Crippen molar-refractivity contribution in [3.05, 3.63) is 66.5 Å². The SMILES string of the molecule is CC(=O)Nc1cccc(-n2cnnc2SC(C(=O)N2CCCCC2)c2ccccc2)c1. The lowest BCUT2D eigenvalue weighted by Gasteiger charge is -2.30. The Bertz CT molecular complexity index is 1050. The molecule has 1 fully saturated rings. The molecule has 0 bridgehead atoms. The first-order chi connectivity index (χ1) is 15.1. The van der Waals surface area contributed by atoms with Crippen molar-refractivity contribution in [3.63, 3.8) is 0 Å². The van der Waals surface area contributed by atoms with Crippen LogP contribution >= 0.6 is 11.8 Å². The van der Waals surface area contributed by atoms with Crippen molar-refractivity contribution in [2.24, 2.45) is 0 Å². The summed E-state index contributed by atoms with van der Waals surface area (Å²) in [4.78, 5) is 26.8. The Labute approximate surface area is 185 Å². The van der Waals surface area contributed by atoms with E-state index in [9.17, 15) is 9.59 Å². The molecule has 0 spiro atoms. The van der Waals surface area contributed by atoms with Crippen molar-refractivity contribution in [2.45, 2.75) is 36.6 Å². The van der Waals surface area contributed by atoms with E-state index < -0.39 is 5.25 Å². The smallest absolute Gasteiger partial charge is 0.240 e. The highest BCUT2D eigenvalue weighted by atomic mass is 32.2. The second-order valence-electron chi connectivity index (χ2n) is 7.51. The topological polar surface area (TPSA) is 80.1 Å². The molecule has 1 saturated heterocycles. The minimum Gasteiger partial charge on any atom is -0.341 e. The number of carbonyl (C=O) groups excluding carboxylic acids is 2. The third-order valence-corrected chi connectivity index (χ3v) is 6.38. The molecule has 0 radical (unpaired) electrons. The number of nitrogens with one attached hydrogen (secondary N) is 1. The molecule has 0 aliphatic carbocycles. The monoisotopic (exact) mass is 435 g/mol. The van der Waals surface area contributed by atoms with Gasteiger partial charge in [-0.15, -0.1) is 10.2 Å². The van der Waals surface area contributed by atoms with E-state index >= 15 is 0 Å². The molecule has 8 heteroatoms. The standard InChI is InChI=1S/C23H25N5O2S/c1-17(29)25-19-11-8-12-20(15-19)28-16-24-26-23(28)31-21(18-9-4-2-5-10-18)22(30)27-13-6-3-7-14-27/h2,4-5,8-12,15-16,21H,3,6-7,13-14H2,1H3,(H,25,29). The summed E-state index contributed by atoms with van der Waals surface area (Å²) in [5.41, 5.74) is 2.46. The number of aromatic nitrogens is 3. The summed E-state index contributed by atoms with van der Waals surface area (Å²) < 4.78 is 1.84. The number of piperidine rings is 1. The number of hydrogen-bond donors (Lipinski definition) is 1. The summed E-state index contributed by atoms with van der Waals surface area (Å²) in [7, 11) is 0. The Kier molecular flexibility index (Phi) is 6.66. The van der Waals surface area contributed by atoms with Crippen LogP contribution in [0.2, 0.25) is 0 Å². The average Bonchev–Trinajstić information content (AvgIpc) is 3.26. The highest BCUT2D eigenvalue weighted by Gasteiger charge is 2.29. The molecule has 1 aromatic heterocycles. The van der Waals surface area contributed by atoms with E-state index in [-0.39, 0.29) is 11.8 Å². The molecular formula is C23H25N5O2S. The van der Waals surface area contributed by atoms with Crippen molar-refractivity contribution in [1.29, 1.82) is 0 Å². The summed E-state index contributed by atoms with van der Waals surface area (Å²) in [6.07, 6.45) is 4.89. The molecule has 1 unspecified atom stereocenters. The molecule has 1 aliphatic rings. The maximum atomic E-state index is 13.4. The fourth-order valence-corrected chi connectivity index (χ4v) is 4.81. The van der Waals surface area contributed by atoms with Crippen LogP contribution in [-0.4, -0.2) is 44.6 Å². The zero-order chi connectivity index (χ0) is 21.6. The van der Waals surface area contributed by atoms with Gasteiger partial charge in [-0.1, -0.05) is 48.2 Å². The van der Waals surface area contributed by atoms with Gasteiger partial charge in [0.2, 0.25) is 11.8 Å². The molecule has 2 amide bonds. The van der Waals surface area contributed by atoms with E-state index in [0.717, 1.165) is 37.2 Å². The van der Waals surface area contributed by atoms with E-state index in [1.54, 1.807) is 6.33 Å². The predicted molar refractivity (Wildman–Crippen MR) is 121 cm³/mol. The summed E-state index contributed by atoms with van der Waals surface area (Å²) >= 11 is 1.40. The number of amides is 2. The first-order valence-electron chi connectivity index (χ1n) is 10.4. The number of benzene rings is 2. The Morgan fingerprint density at radius 3 is 2.55 bits per heavy atom. The van der Waals surface area contributed by atoms with Crippen LogP contribution in [0.3, 0.4) is 0 Å². The highest BCUT2D eigenvalue weighted by Crippen LogP contribution is 2.37. The maximum Gasteiger partial charge on any atom is 0.240 e. The predicted octanol–water partition coefficient (Wildman–Crippen LogP) is 4.07. The summed E-state index contributed by atoms with van der Waals surface area (Å²) in [6, 6.07) is 17.3. The van der Waals surface area contributed by atoms with Crippen LogP contribution in [-0.2, 0) is 9.59 Å². The van der Waals surface area contributed by atoms with Gasteiger partial charge >= 0.3 is 0 Å². The highest BCUT2D eigenvalue weighted by molar-refractivity contribution is 8.00. The largest absolute Gasteiger partial charge is 0.341 e. The lowest BCUT2D eigenvalue weighted by atomic mass is 10.1. The molecule has 0 saturated carbocycles. The lowest BCUT2D eigenvalue weighted by molar-refractivity contribution is -0.131. The van der Waals surface area contributed by atoms with Gasteiger partial charge in [0.25, 0.3) is 0 Å². The maximum absolute atomic E-state index is 13.4. The van der Waals surface area contributed by atoms with Crippen molar-refractivity contribution in [1.82, 2.24) is 19.7 Å². The van der Waals surface area contributed by atoms with Crippen LogP contribution in [0.5, 0.6) is 0 Å². The first kappa shape index (κ1) is 21.1. The molecule has 7 nitrogen and oxygen atoms in total. The number of carbonyl (C=O) groups is 2. The Morgan fingerprint density at radius 1 is 1.03 bits per heavy atom. The fourth-order valence-electron chi connectivity index (χ4n) is 3.69. The van der Waals surface area contributed by atoms with Gasteiger partial charge in [-0.2, -0.15) is 0 Å². The molecule has 31 heavy (non-hydrogen) atoms. The Balaban J connectivity index is 1.63. The quantitative estimate of drug-likeness (QED) is 0.591. The Morgan fingerprint density at radius 2 is 1.81 bits per heavy atom. The van der Waals surface area contributed by atoms with E-state index in [0.29, 0.717) is 10.8 Å². The van der Waals surface area contributed by atoms with Gasteiger partial charge in [0.05, 0.1) is 5.69 Å². The van der Waals surface area contributed by atoms with Crippen LogP contribution in [0, 0.1) is 0 Å². The second-order valence-corrected chi connectivity index (χ2v) is 8.58. The molecule has 1 aliphatic heterocycles. The summed E-state index contributed by atoms with van der Waals surface area (Å²) in [5, 5.41) is 11.4. The summed E-state index contributed by atoms with van der Waals surface area (Å²) in [5.74, 6) is -0.0239. The molecular weight excluding hydrogens is 410 g/mol. The average molecular weight is 436 g/mol. The molecule has 2 aromatic carbocycles. The van der Waals surface area contributed by atoms with Gasteiger partial charge in [-0.05, 0) is 43.0 Å². The van der Waals surface area contributed by atoms with Crippen LogP contribution in [0.4, 0.5) is 5.69 Å². The molecule has 3 aromatic rings. The third kappa shape index (κ3) is 5.14. The van der Waals surface area contributed by atoms with Crippen molar-refractivity contribution >= 4 is 29.3 Å². The minimum absolute atomic E-state index is 0.109. The molecule has 4 rings (SSSR count). The van der Waals surface area contributed by atoms with Gasteiger partial charge in [-0.3, -0.25) is 14.2 Å². The number of hydrogen-bond acceptors (Lipinski definition) is 5. The van der Waals surface area contributed by atoms with E-state index in [4.69, 9.17) is 0 Å². The summed E-state index contributed by atoms with van der Waals surface area (Å²) in [6.45, 7) is 3.08. The second kappa shape index (κ2) is 9.78. The van der Waals surface area contributed by atoms with Gasteiger partial charge in [-0.25, -0.2) is 0 Å². The van der Waals surface area contributed by atoms with Gasteiger partial charge in [0.15, 0.2) is 5.16 Å². The van der Waals surface area contributed by atoms with Crippen molar-refractivity contribution in [3.8, 4) is 5.69 Å². The normalized spacial score (nSPS) is 14.8. The number of thioether (sulfide) groups is 1. The lowest BCUT2D eigenvalue weighted by Crippen LogP contribution is -2.38. The van der Waals surface area contributed by atoms with E-state index in [1.807, 2.05) is 64.1 Å². The van der Waals surface area contributed by atoms with Gasteiger partial charge in [0.1, 0.15) is 11.6 Å². The van der Waals surface area contributed by atoms with Crippen LogP contribution in [0.25, 0.3) is 5.69 Å². The minimum atomic E-state index is -0.402.